The van der Waals surface area contributed by atoms with Crippen molar-refractivity contribution in [3.8, 4) is 0 Å². The Morgan fingerprint density at radius 1 is 1.29 bits per heavy atom. The second-order valence-electron chi connectivity index (χ2n) is 5.69. The first-order valence-electron chi connectivity index (χ1n) is 6.33. The summed E-state index contributed by atoms with van der Waals surface area (Å²) in [5, 5.41) is 1.41. The van der Waals surface area contributed by atoms with Gasteiger partial charge in [0, 0.05) is 0 Å². The molecule has 1 aliphatic carbocycles. The van der Waals surface area contributed by atoms with Crippen LogP contribution in [0.3, 0.4) is 0 Å². The van der Waals surface area contributed by atoms with Crippen molar-refractivity contribution >= 4 is 6.09 Å². The van der Waals surface area contributed by atoms with Crippen LogP contribution in [0.25, 0.3) is 0 Å². The monoisotopic (exact) mass is 239 g/mol. The van der Waals surface area contributed by atoms with Crippen LogP contribution >= 0.6 is 0 Å². The van der Waals surface area contributed by atoms with E-state index >= 15 is 0 Å². The summed E-state index contributed by atoms with van der Waals surface area (Å²) in [6.07, 6.45) is 7.99. The van der Waals surface area contributed by atoms with Gasteiger partial charge in [0.1, 0.15) is 11.7 Å². The van der Waals surface area contributed by atoms with E-state index in [4.69, 9.17) is 9.57 Å². The average Bonchev–Trinajstić information content (AvgIpc) is 2.15. The molecule has 1 amide bonds. The van der Waals surface area contributed by atoms with E-state index in [-0.39, 0.29) is 18.2 Å². The first-order chi connectivity index (χ1) is 7.96. The van der Waals surface area contributed by atoms with Crippen molar-refractivity contribution in [3.63, 3.8) is 0 Å². The number of amides is 1. The number of ether oxygens (including phenoxy) is 1. The van der Waals surface area contributed by atoms with E-state index in [0.717, 1.165) is 25.7 Å². The summed E-state index contributed by atoms with van der Waals surface area (Å²) in [5.74, 6) is 0. The molecule has 2 unspecified atom stereocenters. The quantitative estimate of drug-likeness (QED) is 0.610. The van der Waals surface area contributed by atoms with Crippen LogP contribution in [0.15, 0.2) is 12.2 Å². The largest absolute Gasteiger partial charge is 0.442 e. The van der Waals surface area contributed by atoms with E-state index in [9.17, 15) is 4.79 Å². The summed E-state index contributed by atoms with van der Waals surface area (Å²) in [6.45, 7) is 5.59. The van der Waals surface area contributed by atoms with Crippen molar-refractivity contribution in [1.82, 2.24) is 5.06 Å². The number of hydrogen-bond acceptors (Lipinski definition) is 3. The third-order valence-electron chi connectivity index (χ3n) is 2.91. The number of hydrogen-bond donors (Lipinski definition) is 0. The summed E-state index contributed by atoms with van der Waals surface area (Å²) < 4.78 is 5.35. The van der Waals surface area contributed by atoms with E-state index in [1.807, 2.05) is 20.8 Å². The minimum Gasteiger partial charge on any atom is -0.442 e. The molecule has 4 heteroatoms. The van der Waals surface area contributed by atoms with Crippen LogP contribution in [0.1, 0.15) is 46.5 Å². The standard InChI is InChI=1S/C13H21NO3/c1-13(2,3)16-12(15)14-10-6-4-5-7-11(17-14)9-8-10/h8-11H,4-7H2,1-3H3. The highest BCUT2D eigenvalue weighted by molar-refractivity contribution is 5.67. The zero-order chi connectivity index (χ0) is 12.5. The lowest BCUT2D eigenvalue weighted by atomic mass is 9.99. The maximum Gasteiger partial charge on any atom is 0.435 e. The van der Waals surface area contributed by atoms with E-state index in [0.29, 0.717) is 0 Å². The van der Waals surface area contributed by atoms with Crippen molar-refractivity contribution in [2.45, 2.75) is 64.2 Å². The molecule has 0 spiro atoms. The lowest BCUT2D eigenvalue weighted by Crippen LogP contribution is -2.47. The van der Waals surface area contributed by atoms with Crippen molar-refractivity contribution in [2.24, 2.45) is 0 Å². The summed E-state index contributed by atoms with van der Waals surface area (Å²) in [6, 6.07) is 0.0291. The summed E-state index contributed by atoms with van der Waals surface area (Å²) in [5.41, 5.74) is -0.480. The van der Waals surface area contributed by atoms with Crippen LogP contribution in [0.5, 0.6) is 0 Å². The fourth-order valence-electron chi connectivity index (χ4n) is 2.14. The molecule has 1 fully saturated rings. The number of carbonyl (C=O) groups excluding carboxylic acids is 1. The Labute approximate surface area is 103 Å². The number of fused-ring (bicyclic) bond motifs is 4. The van der Waals surface area contributed by atoms with Crippen molar-refractivity contribution in [3.05, 3.63) is 12.2 Å². The highest BCUT2D eigenvalue weighted by atomic mass is 16.7. The zero-order valence-electron chi connectivity index (χ0n) is 10.8. The molecule has 17 heavy (non-hydrogen) atoms. The minimum absolute atomic E-state index is 0.0269. The van der Waals surface area contributed by atoms with Crippen LogP contribution in [0.2, 0.25) is 0 Å². The second kappa shape index (κ2) is 4.69. The molecule has 2 aliphatic heterocycles. The first-order valence-corrected chi connectivity index (χ1v) is 6.33. The third-order valence-corrected chi connectivity index (χ3v) is 2.91. The van der Waals surface area contributed by atoms with Gasteiger partial charge in [0.25, 0.3) is 0 Å². The van der Waals surface area contributed by atoms with Crippen LogP contribution < -0.4 is 0 Å². The van der Waals surface area contributed by atoms with Gasteiger partial charge in [-0.2, -0.15) is 5.06 Å². The van der Waals surface area contributed by atoms with Crippen LogP contribution in [-0.4, -0.2) is 28.9 Å². The number of rotatable bonds is 0. The molecular formula is C13H21NO3. The van der Waals surface area contributed by atoms with Gasteiger partial charge in [0.2, 0.25) is 0 Å². The smallest absolute Gasteiger partial charge is 0.435 e. The SMILES string of the molecule is CC(C)(C)OC(=O)N1OC2C=CC1CCCC2. The summed E-state index contributed by atoms with van der Waals surface area (Å²) in [4.78, 5) is 17.7. The maximum absolute atomic E-state index is 12.0. The highest BCUT2D eigenvalue weighted by Gasteiger charge is 2.33. The topological polar surface area (TPSA) is 38.8 Å². The molecular weight excluding hydrogens is 218 g/mol. The lowest BCUT2D eigenvalue weighted by Gasteiger charge is -2.37. The zero-order valence-corrected chi connectivity index (χ0v) is 10.8. The van der Waals surface area contributed by atoms with Crippen LogP contribution in [0, 0.1) is 0 Å². The molecule has 2 heterocycles. The molecule has 1 saturated heterocycles. The second-order valence-corrected chi connectivity index (χ2v) is 5.69. The summed E-state index contributed by atoms with van der Waals surface area (Å²) in [7, 11) is 0. The van der Waals surface area contributed by atoms with Crippen LogP contribution in [-0.2, 0) is 9.57 Å². The minimum atomic E-state index is -0.480. The molecule has 0 saturated carbocycles. The number of carbonyl (C=O) groups is 1. The molecule has 0 N–H and O–H groups in total. The van der Waals surface area contributed by atoms with Crippen molar-refractivity contribution < 1.29 is 14.4 Å². The normalized spacial score (nSPS) is 28.8. The predicted molar refractivity (Wildman–Crippen MR) is 64.3 cm³/mol. The fraction of sp³-hybridized carbons (Fsp3) is 0.769. The van der Waals surface area contributed by atoms with Gasteiger partial charge in [-0.25, -0.2) is 4.79 Å². The van der Waals surface area contributed by atoms with Gasteiger partial charge >= 0.3 is 6.09 Å². The summed E-state index contributed by atoms with van der Waals surface area (Å²) >= 11 is 0. The van der Waals surface area contributed by atoms with E-state index in [1.54, 1.807) is 0 Å². The van der Waals surface area contributed by atoms with Gasteiger partial charge in [0.05, 0.1) is 6.04 Å². The Kier molecular flexibility index (Phi) is 3.43. The Morgan fingerprint density at radius 2 is 2.00 bits per heavy atom. The van der Waals surface area contributed by atoms with Crippen molar-refractivity contribution in [1.29, 1.82) is 0 Å². The van der Waals surface area contributed by atoms with Gasteiger partial charge in [0.15, 0.2) is 0 Å². The molecule has 3 rings (SSSR count). The van der Waals surface area contributed by atoms with Crippen molar-refractivity contribution in [2.75, 3.05) is 0 Å². The average molecular weight is 239 g/mol. The van der Waals surface area contributed by atoms with Crippen LogP contribution in [0.4, 0.5) is 4.79 Å². The Morgan fingerprint density at radius 3 is 2.71 bits per heavy atom. The number of nitrogens with zero attached hydrogens (tertiary/aromatic N) is 1. The van der Waals surface area contributed by atoms with E-state index in [1.165, 1.54) is 5.06 Å². The molecule has 0 aromatic carbocycles. The fourth-order valence-corrected chi connectivity index (χ4v) is 2.14. The van der Waals surface area contributed by atoms with Gasteiger partial charge in [-0.3, -0.25) is 4.84 Å². The maximum atomic E-state index is 12.0. The molecule has 96 valence electrons. The molecule has 3 aliphatic rings. The first kappa shape index (κ1) is 12.4. The van der Waals surface area contributed by atoms with Gasteiger partial charge in [-0.15, -0.1) is 0 Å². The molecule has 0 aromatic heterocycles. The lowest BCUT2D eigenvalue weighted by molar-refractivity contribution is -0.197. The molecule has 0 aromatic rings. The molecule has 2 atom stereocenters. The molecule has 0 radical (unpaired) electrons. The Balaban J connectivity index is 2.06. The third kappa shape index (κ3) is 3.22. The highest BCUT2D eigenvalue weighted by Crippen LogP contribution is 2.26. The molecule has 2 bridgehead atoms. The van der Waals surface area contributed by atoms with Gasteiger partial charge < -0.3 is 4.74 Å². The van der Waals surface area contributed by atoms with Gasteiger partial charge in [-0.1, -0.05) is 25.0 Å². The molecule has 4 nitrogen and oxygen atoms in total. The van der Waals surface area contributed by atoms with E-state index < -0.39 is 5.60 Å². The Hall–Kier alpha value is -1.03. The number of hydroxylamine groups is 2. The van der Waals surface area contributed by atoms with Gasteiger partial charge in [-0.05, 0) is 33.6 Å². The predicted octanol–water partition coefficient (Wildman–Crippen LogP) is 3.04. The van der Waals surface area contributed by atoms with E-state index in [2.05, 4.69) is 12.2 Å². The Bertz CT molecular complexity index is 319.